The minimum Gasteiger partial charge on any atom is -0.508 e. The fraction of sp³-hybridized carbons (Fsp3) is 0.0556. The van der Waals surface area contributed by atoms with Gasteiger partial charge in [0.15, 0.2) is 11.4 Å². The third-order valence-electron chi connectivity index (χ3n) is 3.53. The largest absolute Gasteiger partial charge is 0.508 e. The summed E-state index contributed by atoms with van der Waals surface area (Å²) in [6.07, 6.45) is 0. The summed E-state index contributed by atoms with van der Waals surface area (Å²) in [4.78, 5) is 24.8. The third kappa shape index (κ3) is 3.54. The highest BCUT2D eigenvalue weighted by Gasteiger charge is 2.18. The molecule has 132 valence electrons. The molecule has 0 saturated carbocycles. The highest BCUT2D eigenvalue weighted by atomic mass is 19.1. The zero-order chi connectivity index (χ0) is 18.7. The standard InChI is InChI=1S/C18H14FN3O4/c1-26-15-10-16(24)22(13-6-2-11(19)3-7-13)21-17(15)18(25)20-12-4-8-14(23)9-5-12/h2-10,23H,1H3,(H,20,25). The average Bonchev–Trinajstić information content (AvgIpc) is 2.64. The summed E-state index contributed by atoms with van der Waals surface area (Å²) in [5, 5.41) is 15.9. The molecule has 3 rings (SSSR count). The van der Waals surface area contributed by atoms with E-state index in [0.717, 1.165) is 10.7 Å². The summed E-state index contributed by atoms with van der Waals surface area (Å²) in [7, 11) is 1.32. The van der Waals surface area contributed by atoms with Crippen molar-refractivity contribution in [1.82, 2.24) is 9.78 Å². The molecule has 2 N–H and O–H groups in total. The van der Waals surface area contributed by atoms with Crippen molar-refractivity contribution in [3.63, 3.8) is 0 Å². The van der Waals surface area contributed by atoms with Crippen LogP contribution in [0.25, 0.3) is 5.69 Å². The first kappa shape index (κ1) is 17.2. The van der Waals surface area contributed by atoms with Crippen molar-refractivity contribution in [2.45, 2.75) is 0 Å². The normalized spacial score (nSPS) is 10.4. The topological polar surface area (TPSA) is 93.5 Å². The smallest absolute Gasteiger partial charge is 0.280 e. The van der Waals surface area contributed by atoms with E-state index >= 15 is 0 Å². The van der Waals surface area contributed by atoms with E-state index in [1.165, 1.54) is 55.6 Å². The fourth-order valence-corrected chi connectivity index (χ4v) is 2.26. The number of aromatic hydroxyl groups is 1. The van der Waals surface area contributed by atoms with Crippen LogP contribution in [0.2, 0.25) is 0 Å². The number of amides is 1. The monoisotopic (exact) mass is 355 g/mol. The van der Waals surface area contributed by atoms with Crippen molar-refractivity contribution in [2.75, 3.05) is 12.4 Å². The molecule has 0 fully saturated rings. The van der Waals surface area contributed by atoms with E-state index in [2.05, 4.69) is 10.4 Å². The van der Waals surface area contributed by atoms with Gasteiger partial charge in [-0.15, -0.1) is 0 Å². The molecule has 0 atom stereocenters. The maximum atomic E-state index is 13.1. The molecule has 0 saturated heterocycles. The lowest BCUT2D eigenvalue weighted by molar-refractivity contribution is 0.101. The van der Waals surface area contributed by atoms with Crippen molar-refractivity contribution >= 4 is 11.6 Å². The van der Waals surface area contributed by atoms with Crippen LogP contribution in [0.1, 0.15) is 10.5 Å². The van der Waals surface area contributed by atoms with E-state index in [9.17, 15) is 19.1 Å². The van der Waals surface area contributed by atoms with Gasteiger partial charge in [-0.25, -0.2) is 4.39 Å². The number of hydrogen-bond acceptors (Lipinski definition) is 5. The van der Waals surface area contributed by atoms with Gasteiger partial charge in [-0.05, 0) is 48.5 Å². The molecule has 8 heteroatoms. The number of carbonyl (C=O) groups is 1. The van der Waals surface area contributed by atoms with Gasteiger partial charge in [0.1, 0.15) is 11.6 Å². The number of ether oxygens (including phenoxy) is 1. The van der Waals surface area contributed by atoms with Crippen molar-refractivity contribution in [2.24, 2.45) is 0 Å². The van der Waals surface area contributed by atoms with E-state index in [1.807, 2.05) is 0 Å². The summed E-state index contributed by atoms with van der Waals surface area (Å²) < 4.78 is 19.1. The first-order valence-electron chi connectivity index (χ1n) is 7.52. The molecule has 0 bridgehead atoms. The summed E-state index contributed by atoms with van der Waals surface area (Å²) in [5.74, 6) is -1.00. The lowest BCUT2D eigenvalue weighted by Crippen LogP contribution is -2.26. The van der Waals surface area contributed by atoms with Crippen LogP contribution in [0.5, 0.6) is 11.5 Å². The van der Waals surface area contributed by atoms with Gasteiger partial charge in [-0.2, -0.15) is 9.78 Å². The molecule has 1 amide bonds. The minimum atomic E-state index is -0.608. The summed E-state index contributed by atoms with van der Waals surface area (Å²) in [5.41, 5.74) is 0.0769. The van der Waals surface area contributed by atoms with E-state index in [-0.39, 0.29) is 17.2 Å². The average molecular weight is 355 g/mol. The van der Waals surface area contributed by atoms with Crippen molar-refractivity contribution in [1.29, 1.82) is 0 Å². The maximum Gasteiger partial charge on any atom is 0.280 e. The second-order valence-corrected chi connectivity index (χ2v) is 5.29. The predicted molar refractivity (Wildman–Crippen MR) is 92.4 cm³/mol. The molecule has 3 aromatic rings. The van der Waals surface area contributed by atoms with Gasteiger partial charge >= 0.3 is 0 Å². The van der Waals surface area contributed by atoms with Gasteiger partial charge in [-0.3, -0.25) is 9.59 Å². The first-order chi connectivity index (χ1) is 12.5. The van der Waals surface area contributed by atoms with Gasteiger partial charge in [-0.1, -0.05) is 0 Å². The van der Waals surface area contributed by atoms with Crippen LogP contribution in [-0.4, -0.2) is 27.9 Å². The van der Waals surface area contributed by atoms with Gasteiger partial charge in [0.25, 0.3) is 11.5 Å². The maximum absolute atomic E-state index is 13.1. The Morgan fingerprint density at radius 2 is 1.81 bits per heavy atom. The fourth-order valence-electron chi connectivity index (χ4n) is 2.26. The summed E-state index contributed by atoms with van der Waals surface area (Å²) in [6, 6.07) is 12.1. The highest BCUT2D eigenvalue weighted by Crippen LogP contribution is 2.18. The van der Waals surface area contributed by atoms with Gasteiger partial charge in [0, 0.05) is 5.69 Å². The molecule has 0 aliphatic rings. The Kier molecular flexibility index (Phi) is 4.66. The van der Waals surface area contributed by atoms with Gasteiger partial charge in [0.05, 0.1) is 18.9 Å². The quantitative estimate of drug-likeness (QED) is 0.701. The van der Waals surface area contributed by atoms with Crippen molar-refractivity contribution in [3.8, 4) is 17.2 Å². The van der Waals surface area contributed by atoms with E-state index < -0.39 is 17.3 Å². The van der Waals surface area contributed by atoms with Crippen molar-refractivity contribution < 1.29 is 19.0 Å². The van der Waals surface area contributed by atoms with E-state index in [4.69, 9.17) is 4.74 Å². The highest BCUT2D eigenvalue weighted by molar-refractivity contribution is 6.04. The van der Waals surface area contributed by atoms with Crippen LogP contribution in [0.4, 0.5) is 10.1 Å². The molecule has 0 unspecified atom stereocenters. The first-order valence-corrected chi connectivity index (χ1v) is 7.52. The zero-order valence-corrected chi connectivity index (χ0v) is 13.6. The number of nitrogens with zero attached hydrogens (tertiary/aromatic N) is 2. The molecule has 7 nitrogen and oxygen atoms in total. The predicted octanol–water partition coefficient (Wildman–Crippen LogP) is 2.34. The number of hydrogen-bond donors (Lipinski definition) is 2. The summed E-state index contributed by atoms with van der Waals surface area (Å²) in [6.45, 7) is 0. The minimum absolute atomic E-state index is 0.00430. The number of rotatable bonds is 4. The second-order valence-electron chi connectivity index (χ2n) is 5.29. The van der Waals surface area contributed by atoms with Crippen LogP contribution < -0.4 is 15.6 Å². The lowest BCUT2D eigenvalue weighted by Gasteiger charge is -2.11. The molecular formula is C18H14FN3O4. The Balaban J connectivity index is 2.00. The Morgan fingerprint density at radius 1 is 1.15 bits per heavy atom. The molecule has 1 heterocycles. The number of aromatic nitrogens is 2. The molecule has 0 spiro atoms. The van der Waals surface area contributed by atoms with E-state index in [1.54, 1.807) is 0 Å². The Bertz CT molecular complexity index is 998. The molecule has 0 aliphatic carbocycles. The number of phenols is 1. The lowest BCUT2D eigenvalue weighted by atomic mass is 10.2. The molecule has 0 aliphatic heterocycles. The van der Waals surface area contributed by atoms with Crippen LogP contribution in [0.3, 0.4) is 0 Å². The van der Waals surface area contributed by atoms with Gasteiger partial charge in [0.2, 0.25) is 0 Å². The number of carbonyl (C=O) groups excluding carboxylic acids is 1. The number of halogens is 1. The van der Waals surface area contributed by atoms with Gasteiger partial charge < -0.3 is 15.2 Å². The summed E-state index contributed by atoms with van der Waals surface area (Å²) >= 11 is 0. The molecule has 26 heavy (non-hydrogen) atoms. The van der Waals surface area contributed by atoms with E-state index in [0.29, 0.717) is 11.4 Å². The van der Waals surface area contributed by atoms with Crippen LogP contribution >= 0.6 is 0 Å². The molecular weight excluding hydrogens is 341 g/mol. The number of methoxy groups -OCH3 is 1. The van der Waals surface area contributed by atoms with Crippen LogP contribution in [0, 0.1) is 5.82 Å². The van der Waals surface area contributed by atoms with Crippen molar-refractivity contribution in [3.05, 3.63) is 76.5 Å². The number of nitrogens with one attached hydrogen (secondary N) is 1. The number of benzene rings is 2. The number of anilines is 1. The molecule has 1 aromatic heterocycles. The number of phenolic OH excluding ortho intramolecular Hbond substituents is 1. The zero-order valence-electron chi connectivity index (χ0n) is 13.6. The Morgan fingerprint density at radius 3 is 2.42 bits per heavy atom. The third-order valence-corrected chi connectivity index (χ3v) is 3.53. The van der Waals surface area contributed by atoms with Crippen LogP contribution in [-0.2, 0) is 0 Å². The Hall–Kier alpha value is -3.68. The second kappa shape index (κ2) is 7.06. The van der Waals surface area contributed by atoms with Crippen LogP contribution in [0.15, 0.2) is 59.4 Å². The Labute approximate surface area is 147 Å². The molecule has 0 radical (unpaired) electrons. The molecule has 2 aromatic carbocycles. The SMILES string of the molecule is COc1cc(=O)n(-c2ccc(F)cc2)nc1C(=O)Nc1ccc(O)cc1.